The van der Waals surface area contributed by atoms with Crippen LogP contribution < -0.4 is 16.4 Å². The van der Waals surface area contributed by atoms with Crippen molar-refractivity contribution in [2.75, 3.05) is 6.54 Å². The molecule has 0 aliphatic rings. The number of nitrogens with two attached hydrogens (primary N) is 1. The van der Waals surface area contributed by atoms with E-state index >= 15 is 0 Å². The van der Waals surface area contributed by atoms with E-state index in [4.69, 9.17) is 10.5 Å². The molecule has 40 heavy (non-hydrogen) atoms. The van der Waals surface area contributed by atoms with Crippen molar-refractivity contribution in [2.45, 2.75) is 125 Å². The topological polar surface area (TPSA) is 131 Å². The predicted molar refractivity (Wildman–Crippen MR) is 159 cm³/mol. The molecular formula is C31H52N4O5. The number of amides is 4. The lowest BCUT2D eigenvalue weighted by Crippen LogP contribution is -2.56. The third-order valence-electron chi connectivity index (χ3n) is 6.65. The Labute approximate surface area is 241 Å². The molecular weight excluding hydrogens is 508 g/mol. The van der Waals surface area contributed by atoms with Crippen molar-refractivity contribution in [3.63, 3.8) is 0 Å². The average molecular weight is 561 g/mol. The van der Waals surface area contributed by atoms with Crippen LogP contribution in [0.15, 0.2) is 18.2 Å². The molecule has 0 heterocycles. The highest BCUT2D eigenvalue weighted by molar-refractivity contribution is 5.93. The smallest absolute Gasteiger partial charge is 0.408 e. The first-order chi connectivity index (χ1) is 18.6. The Bertz CT molecular complexity index is 1000. The van der Waals surface area contributed by atoms with Crippen LogP contribution >= 0.6 is 0 Å². The second-order valence-electron chi connectivity index (χ2n) is 12.2. The van der Waals surface area contributed by atoms with Crippen LogP contribution in [0.25, 0.3) is 0 Å². The summed E-state index contributed by atoms with van der Waals surface area (Å²) in [6.07, 6.45) is 2.31. The van der Waals surface area contributed by atoms with Crippen molar-refractivity contribution >= 4 is 23.8 Å². The van der Waals surface area contributed by atoms with Crippen LogP contribution in [0, 0.1) is 19.8 Å². The molecule has 226 valence electrons. The van der Waals surface area contributed by atoms with Crippen LogP contribution in [0.5, 0.6) is 0 Å². The largest absolute Gasteiger partial charge is 0.444 e. The normalized spacial score (nSPS) is 13.8. The van der Waals surface area contributed by atoms with Crippen LogP contribution in [0.1, 0.15) is 110 Å². The van der Waals surface area contributed by atoms with Gasteiger partial charge in [-0.05, 0) is 84.3 Å². The molecule has 3 atom stereocenters. The summed E-state index contributed by atoms with van der Waals surface area (Å²) in [5.41, 5.74) is 7.21. The third kappa shape index (κ3) is 12.0. The molecule has 1 aromatic rings. The number of carbonyl (C=O) groups excluding carboxylic acids is 4. The number of unbranched alkanes of at least 4 members (excludes halogenated alkanes) is 1. The molecule has 0 bridgehead atoms. The van der Waals surface area contributed by atoms with E-state index in [1.54, 1.807) is 25.7 Å². The zero-order valence-electron chi connectivity index (χ0n) is 26.1. The van der Waals surface area contributed by atoms with Crippen molar-refractivity contribution in [1.29, 1.82) is 0 Å². The van der Waals surface area contributed by atoms with E-state index in [1.165, 1.54) is 0 Å². The Kier molecular flexibility index (Phi) is 14.2. The molecule has 0 saturated heterocycles. The van der Waals surface area contributed by atoms with Crippen LogP contribution in [0.2, 0.25) is 0 Å². The summed E-state index contributed by atoms with van der Waals surface area (Å²) in [7, 11) is 0. The summed E-state index contributed by atoms with van der Waals surface area (Å²) in [5, 5.41) is 5.69. The highest BCUT2D eigenvalue weighted by Crippen LogP contribution is 2.30. The summed E-state index contributed by atoms with van der Waals surface area (Å²) in [6.45, 7) is 17.7. The van der Waals surface area contributed by atoms with Gasteiger partial charge in [-0.1, -0.05) is 51.0 Å². The Morgan fingerprint density at radius 2 is 1.68 bits per heavy atom. The fourth-order valence-corrected chi connectivity index (χ4v) is 4.44. The molecule has 4 amide bonds. The van der Waals surface area contributed by atoms with E-state index in [0.717, 1.165) is 36.0 Å². The van der Waals surface area contributed by atoms with Crippen LogP contribution in [0.4, 0.5) is 4.79 Å². The van der Waals surface area contributed by atoms with Gasteiger partial charge in [0.25, 0.3) is 0 Å². The first-order valence-electron chi connectivity index (χ1n) is 14.5. The lowest BCUT2D eigenvalue weighted by atomic mass is 9.93. The molecule has 0 fully saturated rings. The zero-order chi connectivity index (χ0) is 30.6. The monoisotopic (exact) mass is 560 g/mol. The van der Waals surface area contributed by atoms with Gasteiger partial charge in [-0.25, -0.2) is 4.79 Å². The number of benzene rings is 1. The minimum absolute atomic E-state index is 0.0161. The number of ether oxygens (including phenoxy) is 1. The average Bonchev–Trinajstić information content (AvgIpc) is 2.83. The molecule has 0 spiro atoms. The quantitative estimate of drug-likeness (QED) is 0.258. The van der Waals surface area contributed by atoms with Crippen molar-refractivity contribution in [1.82, 2.24) is 15.5 Å². The van der Waals surface area contributed by atoms with Gasteiger partial charge >= 0.3 is 6.09 Å². The number of aryl methyl sites for hydroxylation is 2. The van der Waals surface area contributed by atoms with Gasteiger partial charge in [0.1, 0.15) is 17.7 Å². The van der Waals surface area contributed by atoms with E-state index in [2.05, 4.69) is 24.5 Å². The molecule has 3 unspecified atom stereocenters. The molecule has 0 saturated carbocycles. The molecule has 0 aliphatic carbocycles. The maximum Gasteiger partial charge on any atom is 0.408 e. The van der Waals surface area contributed by atoms with E-state index in [9.17, 15) is 19.2 Å². The molecule has 0 aliphatic heterocycles. The molecule has 0 radical (unpaired) electrons. The number of alkyl carbamates (subject to hydrolysis) is 1. The van der Waals surface area contributed by atoms with Gasteiger partial charge in [0, 0.05) is 19.0 Å². The number of nitrogens with one attached hydrogen (secondary N) is 2. The summed E-state index contributed by atoms with van der Waals surface area (Å²) >= 11 is 0. The Balaban J connectivity index is 3.69. The van der Waals surface area contributed by atoms with E-state index in [1.807, 2.05) is 45.9 Å². The summed E-state index contributed by atoms with van der Waals surface area (Å²) in [6, 6.07) is 3.48. The van der Waals surface area contributed by atoms with Gasteiger partial charge in [0.15, 0.2) is 0 Å². The lowest BCUT2D eigenvalue weighted by Gasteiger charge is -2.39. The Morgan fingerprint density at radius 1 is 1.02 bits per heavy atom. The number of primary amides is 1. The Hall–Kier alpha value is -3.10. The first-order valence-corrected chi connectivity index (χ1v) is 14.5. The van der Waals surface area contributed by atoms with Crippen molar-refractivity contribution in [3.8, 4) is 0 Å². The van der Waals surface area contributed by atoms with Gasteiger partial charge in [0.05, 0.1) is 0 Å². The van der Waals surface area contributed by atoms with E-state index < -0.39 is 35.6 Å². The predicted octanol–water partition coefficient (Wildman–Crippen LogP) is 5.07. The maximum absolute atomic E-state index is 14.4. The van der Waals surface area contributed by atoms with Gasteiger partial charge in [-0.15, -0.1) is 0 Å². The highest BCUT2D eigenvalue weighted by atomic mass is 16.6. The number of rotatable bonds is 15. The van der Waals surface area contributed by atoms with E-state index in [0.29, 0.717) is 18.9 Å². The number of hydrogen-bond acceptors (Lipinski definition) is 5. The second kappa shape index (κ2) is 16.2. The highest BCUT2D eigenvalue weighted by Gasteiger charge is 2.39. The Morgan fingerprint density at radius 3 is 2.23 bits per heavy atom. The minimum Gasteiger partial charge on any atom is -0.444 e. The third-order valence-corrected chi connectivity index (χ3v) is 6.65. The molecule has 1 rings (SSSR count). The lowest BCUT2D eigenvalue weighted by molar-refractivity contribution is -0.145. The molecule has 9 nitrogen and oxygen atoms in total. The molecule has 0 aromatic heterocycles. The van der Waals surface area contributed by atoms with Gasteiger partial charge in [-0.2, -0.15) is 0 Å². The van der Waals surface area contributed by atoms with Crippen LogP contribution in [-0.2, 0) is 19.1 Å². The molecule has 1 aromatic carbocycles. The summed E-state index contributed by atoms with van der Waals surface area (Å²) < 4.78 is 5.42. The maximum atomic E-state index is 14.4. The standard InChI is InChI=1S/C31H52N4O5/c1-10-11-18-33-28(37)27(24-19-21(4)13-14-22(24)5)35(23(6)15-12-20(2)3)29(38)25(16-17-26(32)36)34-30(39)40-31(7,8)9/h13-14,19-20,23,25,27H,10-12,15-18H2,1-9H3,(H2,32,36)(H,33,37)(H,34,39). The fourth-order valence-electron chi connectivity index (χ4n) is 4.44. The summed E-state index contributed by atoms with van der Waals surface area (Å²) in [5.74, 6) is -0.938. The van der Waals surface area contributed by atoms with E-state index in [-0.39, 0.29) is 24.8 Å². The number of carbonyl (C=O) groups is 4. The van der Waals surface area contributed by atoms with Gasteiger partial charge in [-0.3, -0.25) is 14.4 Å². The number of nitrogens with zero attached hydrogens (tertiary/aromatic N) is 1. The van der Waals surface area contributed by atoms with Crippen LogP contribution in [0.3, 0.4) is 0 Å². The SMILES string of the molecule is CCCCNC(=O)C(c1cc(C)ccc1C)N(C(=O)C(CCC(N)=O)NC(=O)OC(C)(C)C)C(C)CCC(C)C. The van der Waals surface area contributed by atoms with Crippen molar-refractivity contribution < 1.29 is 23.9 Å². The minimum atomic E-state index is -1.11. The zero-order valence-corrected chi connectivity index (χ0v) is 26.1. The molecule has 9 heteroatoms. The second-order valence-corrected chi connectivity index (χ2v) is 12.2. The first kappa shape index (κ1) is 34.9. The van der Waals surface area contributed by atoms with Gasteiger partial charge in [0.2, 0.25) is 17.7 Å². The molecule has 4 N–H and O–H groups in total. The fraction of sp³-hybridized carbons (Fsp3) is 0.677. The number of hydrogen-bond donors (Lipinski definition) is 3. The van der Waals surface area contributed by atoms with Crippen LogP contribution in [-0.4, -0.2) is 52.9 Å². The van der Waals surface area contributed by atoms with Gasteiger partial charge < -0.3 is 26.0 Å². The van der Waals surface area contributed by atoms with Crippen molar-refractivity contribution in [3.05, 3.63) is 34.9 Å². The van der Waals surface area contributed by atoms with Crippen molar-refractivity contribution in [2.24, 2.45) is 11.7 Å². The summed E-state index contributed by atoms with van der Waals surface area (Å²) in [4.78, 5) is 54.4.